The zero-order valence-corrected chi connectivity index (χ0v) is 27.8. The number of para-hydroxylation sites is 1. The third-order valence-corrected chi connectivity index (χ3v) is 9.36. The Hall–Kier alpha value is -7.23. The maximum absolute atomic E-state index is 14.1. The molecule has 0 aliphatic carbocycles. The van der Waals surface area contributed by atoms with Gasteiger partial charge in [0.2, 0.25) is 0 Å². The standard InChI is InChI=1S/C46H28FN5/c47-37-22-18-31(19-23-37)35-21-25-40(46-50-44(32-11-3-1-4-12-32)49-45(51-46)33-13-5-2-6-14-33)43(27-35)52-41-17-8-7-16-38(41)39-24-20-36(28-42(39)52)34-15-9-10-30(26-34)29-48/h1-28H. The van der Waals surface area contributed by atoms with Crippen LogP contribution in [0.1, 0.15) is 5.56 Å². The number of hydrogen-bond donors (Lipinski definition) is 0. The van der Waals surface area contributed by atoms with Crippen LogP contribution >= 0.6 is 0 Å². The van der Waals surface area contributed by atoms with Crippen LogP contribution in [0.15, 0.2) is 170 Å². The molecule has 0 aliphatic rings. The molecule has 2 heterocycles. The van der Waals surface area contributed by atoms with Gasteiger partial charge in [0.25, 0.3) is 0 Å². The van der Waals surface area contributed by atoms with Gasteiger partial charge in [-0.2, -0.15) is 5.26 Å². The van der Waals surface area contributed by atoms with E-state index in [1.807, 2.05) is 103 Å². The maximum atomic E-state index is 14.1. The van der Waals surface area contributed by atoms with Crippen LogP contribution < -0.4 is 0 Å². The van der Waals surface area contributed by atoms with E-state index in [2.05, 4.69) is 53.1 Å². The first-order valence-electron chi connectivity index (χ1n) is 16.9. The molecular weight excluding hydrogens is 642 g/mol. The van der Waals surface area contributed by atoms with Gasteiger partial charge in [0.15, 0.2) is 17.5 Å². The number of hydrogen-bond acceptors (Lipinski definition) is 4. The smallest absolute Gasteiger partial charge is 0.166 e. The Morgan fingerprint density at radius 2 is 1.00 bits per heavy atom. The van der Waals surface area contributed by atoms with E-state index in [9.17, 15) is 9.65 Å². The molecule has 52 heavy (non-hydrogen) atoms. The minimum atomic E-state index is -0.289. The molecule has 0 atom stereocenters. The van der Waals surface area contributed by atoms with Gasteiger partial charge in [0.1, 0.15) is 5.82 Å². The van der Waals surface area contributed by atoms with E-state index >= 15 is 0 Å². The van der Waals surface area contributed by atoms with Crippen molar-refractivity contribution in [1.29, 1.82) is 5.26 Å². The van der Waals surface area contributed by atoms with Crippen LogP contribution in [0.2, 0.25) is 0 Å². The molecule has 0 radical (unpaired) electrons. The van der Waals surface area contributed by atoms with Crippen molar-refractivity contribution in [3.8, 4) is 68.2 Å². The maximum Gasteiger partial charge on any atom is 0.166 e. The average molecular weight is 670 g/mol. The molecule has 9 rings (SSSR count). The first-order chi connectivity index (χ1) is 25.6. The number of aromatic nitrogens is 4. The predicted molar refractivity (Wildman–Crippen MR) is 206 cm³/mol. The fraction of sp³-hybridized carbons (Fsp3) is 0. The number of benzene rings is 7. The number of rotatable bonds is 6. The Balaban J connectivity index is 1.36. The number of nitriles is 1. The summed E-state index contributed by atoms with van der Waals surface area (Å²) in [5.41, 5.74) is 9.78. The molecule has 9 aromatic rings. The average Bonchev–Trinajstić information content (AvgIpc) is 3.55. The van der Waals surface area contributed by atoms with Gasteiger partial charge >= 0.3 is 0 Å². The number of nitrogens with zero attached hydrogens (tertiary/aromatic N) is 5. The Kier molecular flexibility index (Phi) is 7.64. The minimum absolute atomic E-state index is 0.289. The Morgan fingerprint density at radius 3 is 1.71 bits per heavy atom. The van der Waals surface area contributed by atoms with Crippen molar-refractivity contribution >= 4 is 21.8 Å². The molecule has 6 heteroatoms. The molecule has 0 fully saturated rings. The van der Waals surface area contributed by atoms with Crippen molar-refractivity contribution in [2.75, 3.05) is 0 Å². The summed E-state index contributed by atoms with van der Waals surface area (Å²) >= 11 is 0. The van der Waals surface area contributed by atoms with Gasteiger partial charge in [-0.15, -0.1) is 0 Å². The van der Waals surface area contributed by atoms with Gasteiger partial charge in [-0.25, -0.2) is 19.3 Å². The molecule has 0 N–H and O–H groups in total. The first-order valence-corrected chi connectivity index (χ1v) is 16.9. The summed E-state index contributed by atoms with van der Waals surface area (Å²) in [5.74, 6) is 1.38. The van der Waals surface area contributed by atoms with Crippen LogP contribution in [0, 0.1) is 17.1 Å². The second kappa shape index (κ2) is 12.9. The Bertz CT molecular complexity index is 2740. The van der Waals surface area contributed by atoms with Crippen molar-refractivity contribution < 1.29 is 4.39 Å². The van der Waals surface area contributed by atoms with Gasteiger partial charge in [-0.3, -0.25) is 0 Å². The highest BCUT2D eigenvalue weighted by Gasteiger charge is 2.21. The summed E-state index contributed by atoms with van der Waals surface area (Å²) in [4.78, 5) is 15.2. The first kappa shape index (κ1) is 30.8. The van der Waals surface area contributed by atoms with E-state index in [1.54, 1.807) is 12.1 Å². The van der Waals surface area contributed by atoms with Gasteiger partial charge in [0.05, 0.1) is 28.4 Å². The molecule has 0 spiro atoms. The highest BCUT2D eigenvalue weighted by atomic mass is 19.1. The molecule has 0 amide bonds. The quantitative estimate of drug-likeness (QED) is 0.177. The molecule has 0 aliphatic heterocycles. The van der Waals surface area contributed by atoms with E-state index in [4.69, 9.17) is 15.0 Å². The lowest BCUT2D eigenvalue weighted by molar-refractivity contribution is 0.628. The molecule has 0 unspecified atom stereocenters. The van der Waals surface area contributed by atoms with Crippen molar-refractivity contribution in [3.05, 3.63) is 181 Å². The summed E-state index contributed by atoms with van der Waals surface area (Å²) in [6.45, 7) is 0. The van der Waals surface area contributed by atoms with E-state index in [0.29, 0.717) is 23.0 Å². The molecule has 7 aromatic carbocycles. The summed E-state index contributed by atoms with van der Waals surface area (Å²) in [6, 6.07) is 57.4. The van der Waals surface area contributed by atoms with Crippen molar-refractivity contribution in [1.82, 2.24) is 19.5 Å². The summed E-state index contributed by atoms with van der Waals surface area (Å²) in [6.07, 6.45) is 0. The van der Waals surface area contributed by atoms with E-state index in [1.165, 1.54) is 12.1 Å². The zero-order valence-electron chi connectivity index (χ0n) is 27.8. The summed E-state index contributed by atoms with van der Waals surface area (Å²) < 4.78 is 16.3. The van der Waals surface area contributed by atoms with E-state index in [0.717, 1.165) is 66.4 Å². The van der Waals surface area contributed by atoms with Gasteiger partial charge in [0, 0.05) is 27.5 Å². The third kappa shape index (κ3) is 5.57. The van der Waals surface area contributed by atoms with Crippen molar-refractivity contribution in [2.45, 2.75) is 0 Å². The van der Waals surface area contributed by atoms with E-state index < -0.39 is 0 Å². The van der Waals surface area contributed by atoms with Crippen LogP contribution in [0.25, 0.3) is 83.9 Å². The molecule has 2 aromatic heterocycles. The van der Waals surface area contributed by atoms with Crippen LogP contribution in [-0.2, 0) is 0 Å². The monoisotopic (exact) mass is 669 g/mol. The largest absolute Gasteiger partial charge is 0.308 e. The number of fused-ring (bicyclic) bond motifs is 3. The van der Waals surface area contributed by atoms with Gasteiger partial charge in [-0.05, 0) is 70.8 Å². The summed E-state index contributed by atoms with van der Waals surface area (Å²) in [7, 11) is 0. The van der Waals surface area contributed by atoms with Crippen LogP contribution in [0.5, 0.6) is 0 Å². The van der Waals surface area contributed by atoms with Crippen LogP contribution in [0.4, 0.5) is 4.39 Å². The van der Waals surface area contributed by atoms with Crippen LogP contribution in [0.3, 0.4) is 0 Å². The number of halogens is 1. The fourth-order valence-corrected chi connectivity index (χ4v) is 6.83. The highest BCUT2D eigenvalue weighted by molar-refractivity contribution is 6.10. The topological polar surface area (TPSA) is 67.4 Å². The van der Waals surface area contributed by atoms with Gasteiger partial charge < -0.3 is 4.57 Å². The van der Waals surface area contributed by atoms with Crippen molar-refractivity contribution in [3.63, 3.8) is 0 Å². The lowest BCUT2D eigenvalue weighted by Crippen LogP contribution is -2.04. The third-order valence-electron chi connectivity index (χ3n) is 9.36. The normalized spacial score (nSPS) is 11.2. The second-order valence-electron chi connectivity index (χ2n) is 12.6. The van der Waals surface area contributed by atoms with Gasteiger partial charge in [-0.1, -0.05) is 121 Å². The Labute approximate surface area is 299 Å². The van der Waals surface area contributed by atoms with Crippen LogP contribution in [-0.4, -0.2) is 19.5 Å². The Morgan fingerprint density at radius 1 is 0.442 bits per heavy atom. The zero-order chi connectivity index (χ0) is 35.0. The molecule has 244 valence electrons. The molecule has 0 saturated heterocycles. The minimum Gasteiger partial charge on any atom is -0.308 e. The SMILES string of the molecule is N#Cc1cccc(-c2ccc3c4ccccc4n(-c4cc(-c5ccc(F)cc5)ccc4-c4nc(-c5ccccc5)nc(-c5ccccc5)n4)c3c2)c1. The highest BCUT2D eigenvalue weighted by Crippen LogP contribution is 2.39. The molecular formula is C46H28FN5. The van der Waals surface area contributed by atoms with E-state index in [-0.39, 0.29) is 5.82 Å². The molecule has 0 saturated carbocycles. The lowest BCUT2D eigenvalue weighted by atomic mass is 10.0. The fourth-order valence-electron chi connectivity index (χ4n) is 6.83. The predicted octanol–water partition coefficient (Wildman–Crippen LogP) is 11.3. The molecule has 0 bridgehead atoms. The second-order valence-corrected chi connectivity index (χ2v) is 12.6. The summed E-state index contributed by atoms with van der Waals surface area (Å²) in [5, 5.41) is 11.8. The van der Waals surface area contributed by atoms with Crippen molar-refractivity contribution in [2.24, 2.45) is 0 Å². The molecule has 5 nitrogen and oxygen atoms in total. The lowest BCUT2D eigenvalue weighted by Gasteiger charge is -2.17.